The number of halogens is 6. The minimum absolute atomic E-state index is 0.0599. The Bertz CT molecular complexity index is 1060. The first-order valence-electron chi connectivity index (χ1n) is 10.2. The van der Waals surface area contributed by atoms with Gasteiger partial charge in [0, 0.05) is 24.7 Å². The van der Waals surface area contributed by atoms with Gasteiger partial charge in [-0.15, -0.1) is 26.3 Å². The van der Waals surface area contributed by atoms with E-state index in [-0.39, 0.29) is 25.2 Å². The molecule has 194 valence electrons. The molecule has 2 aromatic carbocycles. The number of alkyl halides is 6. The Kier molecular flexibility index (Phi) is 10.0. The average molecular weight is 518 g/mol. The predicted molar refractivity (Wildman–Crippen MR) is 115 cm³/mol. The van der Waals surface area contributed by atoms with Crippen molar-refractivity contribution >= 4 is 5.97 Å². The highest BCUT2D eigenvalue weighted by molar-refractivity contribution is 5.72. The smallest absolute Gasteiger partial charge is 0.490 e. The molecule has 2 aromatic rings. The molecule has 0 aromatic heterocycles. The fourth-order valence-electron chi connectivity index (χ4n) is 2.76. The second-order valence-electron chi connectivity index (χ2n) is 6.90. The molecular weight excluding hydrogens is 498 g/mol. The second-order valence-corrected chi connectivity index (χ2v) is 6.90. The van der Waals surface area contributed by atoms with E-state index in [0.717, 1.165) is 17.7 Å². The number of hydrogen-bond acceptors (Lipinski definition) is 5. The molecule has 0 saturated carbocycles. The van der Waals surface area contributed by atoms with E-state index in [1.54, 1.807) is 31.2 Å². The largest absolute Gasteiger partial charge is 0.573 e. The van der Waals surface area contributed by atoms with Gasteiger partial charge in [-0.3, -0.25) is 0 Å². The van der Waals surface area contributed by atoms with Crippen LogP contribution in [0.25, 0.3) is 0 Å². The maximum absolute atomic E-state index is 12.4. The molecule has 0 spiro atoms. The zero-order valence-electron chi connectivity index (χ0n) is 18.7. The van der Waals surface area contributed by atoms with Gasteiger partial charge in [0.25, 0.3) is 0 Å². The lowest BCUT2D eigenvalue weighted by Crippen LogP contribution is -2.26. The van der Waals surface area contributed by atoms with Gasteiger partial charge in [-0.05, 0) is 48.9 Å². The van der Waals surface area contributed by atoms with Crippen molar-refractivity contribution in [2.45, 2.75) is 32.2 Å². The van der Waals surface area contributed by atoms with E-state index in [9.17, 15) is 31.1 Å². The second kappa shape index (κ2) is 12.7. The summed E-state index contributed by atoms with van der Waals surface area (Å²) in [6.45, 7) is 2.02. The molecule has 1 atom stereocenters. The van der Waals surface area contributed by atoms with Crippen molar-refractivity contribution in [3.8, 4) is 29.1 Å². The van der Waals surface area contributed by atoms with Crippen molar-refractivity contribution in [1.82, 2.24) is 0 Å². The van der Waals surface area contributed by atoms with Crippen LogP contribution in [0.4, 0.5) is 26.3 Å². The summed E-state index contributed by atoms with van der Waals surface area (Å²) in [7, 11) is 0. The van der Waals surface area contributed by atoms with Crippen molar-refractivity contribution in [3.05, 3.63) is 65.7 Å². The third-order valence-electron chi connectivity index (χ3n) is 4.10. The number of hydrogen-bond donors (Lipinski definition) is 1. The van der Waals surface area contributed by atoms with Gasteiger partial charge >= 0.3 is 18.7 Å². The van der Waals surface area contributed by atoms with Gasteiger partial charge in [0.1, 0.15) is 23.9 Å². The summed E-state index contributed by atoms with van der Waals surface area (Å²) in [5.74, 6) is 2.44. The quantitative estimate of drug-likeness (QED) is 0.331. The number of benzene rings is 2. The first kappa shape index (κ1) is 28.4. The van der Waals surface area contributed by atoms with E-state index in [1.807, 2.05) is 0 Å². The highest BCUT2D eigenvalue weighted by atomic mass is 19.4. The summed E-state index contributed by atoms with van der Waals surface area (Å²) in [5.41, 5.74) is 0.527. The summed E-state index contributed by atoms with van der Waals surface area (Å²) >= 11 is 0. The van der Waals surface area contributed by atoms with Gasteiger partial charge in [-0.25, -0.2) is 4.79 Å². The first-order valence-corrected chi connectivity index (χ1v) is 10.2. The Morgan fingerprint density at radius 3 is 2.06 bits per heavy atom. The van der Waals surface area contributed by atoms with Crippen LogP contribution >= 0.6 is 0 Å². The lowest BCUT2D eigenvalue weighted by molar-refractivity contribution is -0.276. The topological polar surface area (TPSA) is 74.2 Å². The van der Waals surface area contributed by atoms with Crippen LogP contribution in [-0.4, -0.2) is 43.1 Å². The van der Waals surface area contributed by atoms with Crippen LogP contribution in [0.15, 0.2) is 54.6 Å². The highest BCUT2D eigenvalue weighted by Gasteiger charge is 2.33. The molecule has 36 heavy (non-hydrogen) atoms. The molecule has 0 aliphatic heterocycles. The van der Waals surface area contributed by atoms with Crippen LogP contribution in [-0.2, 0) is 16.0 Å². The number of aliphatic carboxylic acids is 1. The lowest BCUT2D eigenvalue weighted by Gasteiger charge is -2.13. The Morgan fingerprint density at radius 1 is 0.972 bits per heavy atom. The monoisotopic (exact) mass is 518 g/mol. The van der Waals surface area contributed by atoms with Gasteiger partial charge < -0.3 is 24.1 Å². The van der Waals surface area contributed by atoms with Crippen LogP contribution in [0.1, 0.15) is 18.1 Å². The van der Waals surface area contributed by atoms with E-state index >= 15 is 0 Å². The molecule has 1 N–H and O–H groups in total. The van der Waals surface area contributed by atoms with Gasteiger partial charge in [0.05, 0.1) is 0 Å². The zero-order chi connectivity index (χ0) is 26.8. The van der Waals surface area contributed by atoms with E-state index in [2.05, 4.69) is 21.3 Å². The zero-order valence-corrected chi connectivity index (χ0v) is 18.7. The van der Waals surface area contributed by atoms with E-state index < -0.39 is 36.3 Å². The first-order chi connectivity index (χ1) is 16.8. The molecule has 0 aliphatic rings. The van der Waals surface area contributed by atoms with Crippen molar-refractivity contribution < 1.29 is 55.2 Å². The van der Waals surface area contributed by atoms with Crippen LogP contribution < -0.4 is 14.2 Å². The molecule has 12 heteroatoms. The molecule has 2 rings (SSSR count). The van der Waals surface area contributed by atoms with E-state index in [1.165, 1.54) is 12.2 Å². The van der Waals surface area contributed by atoms with Gasteiger partial charge in [0.15, 0.2) is 6.10 Å². The third kappa shape index (κ3) is 11.1. The Morgan fingerprint density at radius 2 is 1.56 bits per heavy atom. The molecule has 0 aliphatic carbocycles. The van der Waals surface area contributed by atoms with Crippen LogP contribution in [0.2, 0.25) is 0 Å². The number of rotatable bonds is 10. The molecule has 0 fully saturated rings. The number of carbonyl (C=O) groups is 1. The Labute approximate surface area is 202 Å². The summed E-state index contributed by atoms with van der Waals surface area (Å²) in [4.78, 5) is 11.2. The number of ether oxygens (including phenoxy) is 4. The van der Waals surface area contributed by atoms with E-state index in [4.69, 9.17) is 14.6 Å². The van der Waals surface area contributed by atoms with E-state index in [0.29, 0.717) is 11.8 Å². The highest BCUT2D eigenvalue weighted by Crippen LogP contribution is 2.31. The Balaban J connectivity index is 1.97. The summed E-state index contributed by atoms with van der Waals surface area (Å²) < 4.78 is 92.6. The predicted octanol–water partition coefficient (Wildman–Crippen LogP) is 5.50. The van der Waals surface area contributed by atoms with Crippen LogP contribution in [0.3, 0.4) is 0 Å². The minimum Gasteiger partial charge on any atom is -0.490 e. The molecule has 0 heterocycles. The normalized spacial score (nSPS) is 12.5. The number of carboxylic acids is 1. The summed E-state index contributed by atoms with van der Waals surface area (Å²) in [6, 6.07) is 8.71. The molecule has 0 amide bonds. The Hall–Kier alpha value is -3.85. The number of allylic oxidation sites excluding steroid dienone is 1. The standard InChI is InChI=1S/C24H20F6O6/c1-2-33-21(22(31)32)14-16-7-9-18(10-8-16)34-11-5-3-4-6-17-12-19(35-23(25,26)27)15-20(13-17)36-24(28,29)30/h3,5,7-10,12-13,15,21H,2,11,14H2,1H3,(H,31,32)/b5-3+/t21-/m0/s1. The molecular formula is C24H20F6O6. The van der Waals surface area contributed by atoms with Crippen LogP contribution in [0, 0.1) is 11.8 Å². The molecule has 0 unspecified atom stereocenters. The number of carboxylic acid groups (broad SMARTS) is 1. The van der Waals surface area contributed by atoms with Crippen molar-refractivity contribution in [3.63, 3.8) is 0 Å². The molecule has 0 bridgehead atoms. The van der Waals surface area contributed by atoms with Crippen molar-refractivity contribution in [2.24, 2.45) is 0 Å². The lowest BCUT2D eigenvalue weighted by atomic mass is 10.1. The van der Waals surface area contributed by atoms with Gasteiger partial charge in [0.2, 0.25) is 0 Å². The fourth-order valence-corrected chi connectivity index (χ4v) is 2.76. The third-order valence-corrected chi connectivity index (χ3v) is 4.10. The summed E-state index contributed by atoms with van der Waals surface area (Å²) in [5, 5.41) is 9.13. The van der Waals surface area contributed by atoms with Gasteiger partial charge in [-0.1, -0.05) is 24.0 Å². The maximum atomic E-state index is 12.4. The van der Waals surface area contributed by atoms with Crippen molar-refractivity contribution in [2.75, 3.05) is 13.2 Å². The molecule has 0 radical (unpaired) electrons. The molecule has 6 nitrogen and oxygen atoms in total. The van der Waals surface area contributed by atoms with Gasteiger partial charge in [-0.2, -0.15) is 0 Å². The van der Waals surface area contributed by atoms with Crippen molar-refractivity contribution in [1.29, 1.82) is 0 Å². The van der Waals surface area contributed by atoms with Crippen LogP contribution in [0.5, 0.6) is 17.2 Å². The average Bonchev–Trinajstić information content (AvgIpc) is 2.74. The SMILES string of the molecule is CCO[C@@H](Cc1ccc(OC/C=C/C#Cc2cc(OC(F)(F)F)cc(OC(F)(F)F)c2)cc1)C(=O)O. The minimum atomic E-state index is -5.11. The fraction of sp³-hybridized carbons (Fsp3) is 0.292. The summed E-state index contributed by atoms with van der Waals surface area (Å²) in [6.07, 6.45) is -8.23. The molecule has 0 saturated heterocycles. The maximum Gasteiger partial charge on any atom is 0.573 e.